The molecule has 0 saturated heterocycles. The number of esters is 1. The molecule has 0 bridgehead atoms. The van der Waals surface area contributed by atoms with Gasteiger partial charge in [0.05, 0.1) is 30.9 Å². The zero-order valence-electron chi connectivity index (χ0n) is 10.1. The fourth-order valence-electron chi connectivity index (χ4n) is 1.48. The molecule has 0 radical (unpaired) electrons. The van der Waals surface area contributed by atoms with E-state index in [2.05, 4.69) is 9.47 Å². The van der Waals surface area contributed by atoms with Gasteiger partial charge in [0.1, 0.15) is 5.75 Å². The van der Waals surface area contributed by atoms with E-state index < -0.39 is 40.8 Å². The van der Waals surface area contributed by atoms with Crippen molar-refractivity contribution in [3.63, 3.8) is 0 Å². The highest BCUT2D eigenvalue weighted by molar-refractivity contribution is 5.92. The van der Waals surface area contributed by atoms with Gasteiger partial charge in [0.15, 0.2) is 0 Å². The first-order chi connectivity index (χ1) is 9.02. The molecule has 1 aromatic carbocycles. The molecule has 0 aliphatic rings. The van der Waals surface area contributed by atoms with E-state index in [1.165, 1.54) is 0 Å². The van der Waals surface area contributed by atoms with Crippen molar-refractivity contribution < 1.29 is 40.6 Å². The highest BCUT2D eigenvalue weighted by Crippen LogP contribution is 2.42. The van der Waals surface area contributed by atoms with E-state index in [0.29, 0.717) is 6.07 Å². The van der Waals surface area contributed by atoms with Gasteiger partial charge in [-0.1, -0.05) is 0 Å². The molecule has 0 amide bonds. The van der Waals surface area contributed by atoms with Crippen LogP contribution in [0.25, 0.3) is 0 Å². The van der Waals surface area contributed by atoms with Gasteiger partial charge in [-0.15, -0.1) is 0 Å². The average Bonchev–Trinajstić information content (AvgIpc) is 2.33. The second kappa shape index (κ2) is 5.22. The fourth-order valence-corrected chi connectivity index (χ4v) is 1.48. The van der Waals surface area contributed by atoms with E-state index in [-0.39, 0.29) is 6.07 Å². The maximum absolute atomic E-state index is 12.7. The predicted molar refractivity (Wildman–Crippen MR) is 54.3 cm³/mol. The third kappa shape index (κ3) is 3.14. The third-order valence-corrected chi connectivity index (χ3v) is 2.36. The summed E-state index contributed by atoms with van der Waals surface area (Å²) >= 11 is 0. The number of hydrogen-bond donors (Lipinski definition) is 0. The SMILES string of the molecule is COC(=O)c1cc(OC)c(C(F)(F)F)cc1C(F)(F)F. The van der Waals surface area contributed by atoms with Crippen molar-refractivity contribution in [1.29, 1.82) is 0 Å². The molecule has 3 nitrogen and oxygen atoms in total. The lowest BCUT2D eigenvalue weighted by Gasteiger charge is -2.17. The van der Waals surface area contributed by atoms with Crippen LogP contribution in [-0.4, -0.2) is 20.2 Å². The summed E-state index contributed by atoms with van der Waals surface area (Å²) < 4.78 is 84.7. The summed E-state index contributed by atoms with van der Waals surface area (Å²) in [6.45, 7) is 0. The average molecular weight is 302 g/mol. The van der Waals surface area contributed by atoms with Crippen molar-refractivity contribution in [2.24, 2.45) is 0 Å². The molecule has 20 heavy (non-hydrogen) atoms. The van der Waals surface area contributed by atoms with Crippen molar-refractivity contribution in [3.8, 4) is 5.75 Å². The van der Waals surface area contributed by atoms with Gasteiger partial charge < -0.3 is 9.47 Å². The van der Waals surface area contributed by atoms with E-state index >= 15 is 0 Å². The lowest BCUT2D eigenvalue weighted by Crippen LogP contribution is -2.18. The normalized spacial score (nSPS) is 12.2. The van der Waals surface area contributed by atoms with Crippen molar-refractivity contribution in [2.45, 2.75) is 12.4 Å². The Hall–Kier alpha value is -1.93. The van der Waals surface area contributed by atoms with E-state index in [9.17, 15) is 31.1 Å². The van der Waals surface area contributed by atoms with Gasteiger partial charge >= 0.3 is 18.3 Å². The summed E-state index contributed by atoms with van der Waals surface area (Å²) in [7, 11) is 1.66. The Labute approximate surface area is 109 Å². The molecule has 0 saturated carbocycles. The summed E-state index contributed by atoms with van der Waals surface area (Å²) in [6.07, 6.45) is -10.2. The largest absolute Gasteiger partial charge is 0.496 e. The van der Waals surface area contributed by atoms with E-state index in [0.717, 1.165) is 14.2 Å². The van der Waals surface area contributed by atoms with Gasteiger partial charge in [-0.25, -0.2) is 4.79 Å². The minimum Gasteiger partial charge on any atom is -0.496 e. The zero-order valence-corrected chi connectivity index (χ0v) is 10.1. The second-order valence-electron chi connectivity index (χ2n) is 3.59. The van der Waals surface area contributed by atoms with Gasteiger partial charge in [0.2, 0.25) is 0 Å². The Morgan fingerprint density at radius 2 is 1.45 bits per heavy atom. The third-order valence-electron chi connectivity index (χ3n) is 2.36. The van der Waals surface area contributed by atoms with Crippen molar-refractivity contribution in [1.82, 2.24) is 0 Å². The van der Waals surface area contributed by atoms with E-state index in [1.807, 2.05) is 0 Å². The topological polar surface area (TPSA) is 35.5 Å². The van der Waals surface area contributed by atoms with Gasteiger partial charge in [0.25, 0.3) is 0 Å². The number of rotatable bonds is 2. The minimum atomic E-state index is -5.14. The Kier molecular flexibility index (Phi) is 4.21. The Bertz CT molecular complexity index is 518. The molecule has 0 unspecified atom stereocenters. The van der Waals surface area contributed by atoms with E-state index in [1.54, 1.807) is 0 Å². The number of halogens is 6. The molecule has 0 spiro atoms. The van der Waals surface area contributed by atoms with Crippen LogP contribution < -0.4 is 4.74 Å². The number of benzene rings is 1. The van der Waals surface area contributed by atoms with Gasteiger partial charge in [-0.3, -0.25) is 0 Å². The number of ether oxygens (including phenoxy) is 2. The molecule has 0 aliphatic carbocycles. The van der Waals surface area contributed by atoms with Crippen LogP contribution in [0.3, 0.4) is 0 Å². The van der Waals surface area contributed by atoms with Crippen LogP contribution in [-0.2, 0) is 17.1 Å². The molecule has 0 heterocycles. The Morgan fingerprint density at radius 1 is 0.950 bits per heavy atom. The molecule has 0 aromatic heterocycles. The van der Waals surface area contributed by atoms with Crippen molar-refractivity contribution in [2.75, 3.05) is 14.2 Å². The highest BCUT2D eigenvalue weighted by atomic mass is 19.4. The summed E-state index contributed by atoms with van der Waals surface area (Å²) in [4.78, 5) is 11.3. The second-order valence-corrected chi connectivity index (χ2v) is 3.59. The lowest BCUT2D eigenvalue weighted by molar-refractivity contribution is -0.144. The molecule has 0 aliphatic heterocycles. The van der Waals surface area contributed by atoms with Crippen molar-refractivity contribution >= 4 is 5.97 Å². The van der Waals surface area contributed by atoms with Crippen LogP contribution in [0.4, 0.5) is 26.3 Å². The summed E-state index contributed by atoms with van der Waals surface area (Å²) in [5.74, 6) is -2.31. The Morgan fingerprint density at radius 3 is 1.80 bits per heavy atom. The smallest absolute Gasteiger partial charge is 0.419 e. The zero-order chi connectivity index (χ0) is 15.7. The number of hydrogen-bond acceptors (Lipinski definition) is 3. The van der Waals surface area contributed by atoms with Crippen LogP contribution in [0.1, 0.15) is 21.5 Å². The molecular formula is C11H8F6O3. The molecule has 9 heteroatoms. The van der Waals surface area contributed by atoms with Crippen LogP contribution >= 0.6 is 0 Å². The molecule has 0 N–H and O–H groups in total. The molecule has 1 rings (SSSR count). The lowest BCUT2D eigenvalue weighted by atomic mass is 10.0. The van der Waals surface area contributed by atoms with Crippen molar-refractivity contribution in [3.05, 3.63) is 28.8 Å². The van der Waals surface area contributed by atoms with Crippen LogP contribution in [0.2, 0.25) is 0 Å². The molecule has 0 atom stereocenters. The first-order valence-electron chi connectivity index (χ1n) is 4.97. The predicted octanol–water partition coefficient (Wildman–Crippen LogP) is 3.52. The highest BCUT2D eigenvalue weighted by Gasteiger charge is 2.42. The summed E-state index contributed by atoms with van der Waals surface area (Å²) in [5, 5.41) is 0. The maximum Gasteiger partial charge on any atom is 0.419 e. The summed E-state index contributed by atoms with van der Waals surface area (Å²) in [6, 6.07) is 0.183. The molecule has 0 fully saturated rings. The minimum absolute atomic E-state index is 0.176. The number of carbonyl (C=O) groups excluding carboxylic acids is 1. The molecule has 112 valence electrons. The molecule has 1 aromatic rings. The van der Waals surface area contributed by atoms with Crippen LogP contribution in [0.15, 0.2) is 12.1 Å². The first-order valence-corrected chi connectivity index (χ1v) is 4.97. The number of carbonyl (C=O) groups is 1. The fraction of sp³-hybridized carbons (Fsp3) is 0.364. The Balaban J connectivity index is 3.67. The van der Waals surface area contributed by atoms with Crippen LogP contribution in [0, 0.1) is 0 Å². The number of alkyl halides is 6. The monoisotopic (exact) mass is 302 g/mol. The molecular weight excluding hydrogens is 294 g/mol. The summed E-state index contributed by atoms with van der Waals surface area (Å²) in [5.41, 5.74) is -4.41. The van der Waals surface area contributed by atoms with Gasteiger partial charge in [0, 0.05) is 0 Å². The maximum atomic E-state index is 12.7. The van der Waals surface area contributed by atoms with E-state index in [4.69, 9.17) is 0 Å². The number of methoxy groups -OCH3 is 2. The quantitative estimate of drug-likeness (QED) is 0.619. The van der Waals surface area contributed by atoms with Crippen LogP contribution in [0.5, 0.6) is 5.75 Å². The first kappa shape index (κ1) is 16.1. The van der Waals surface area contributed by atoms with Gasteiger partial charge in [-0.2, -0.15) is 26.3 Å². The van der Waals surface area contributed by atoms with Gasteiger partial charge in [-0.05, 0) is 12.1 Å². The standard InChI is InChI=1S/C11H8F6O3/c1-19-8-3-5(9(18)20-2)6(10(12,13)14)4-7(8)11(15,16)17/h3-4H,1-2H3.